The normalized spacial score (nSPS) is 26.7. The van der Waals surface area contributed by atoms with Crippen LogP contribution in [0.3, 0.4) is 0 Å². The molecule has 0 amide bonds. The molecule has 0 saturated carbocycles. The van der Waals surface area contributed by atoms with Crippen molar-refractivity contribution in [3.8, 4) is 5.75 Å². The molecule has 1 aliphatic rings. The van der Waals surface area contributed by atoms with E-state index in [2.05, 4.69) is 6.58 Å². The highest BCUT2D eigenvalue weighted by molar-refractivity contribution is 7.96. The van der Waals surface area contributed by atoms with Gasteiger partial charge in [-0.3, -0.25) is 0 Å². The second-order valence-corrected chi connectivity index (χ2v) is 11.1. The third kappa shape index (κ3) is 3.18. The Balaban J connectivity index is 2.98. The molecule has 12 N–H and O–H groups in total. The fourth-order valence-corrected chi connectivity index (χ4v) is 7.06. The van der Waals surface area contributed by atoms with Gasteiger partial charge in [-0.1, -0.05) is 6.58 Å². The lowest BCUT2D eigenvalue weighted by molar-refractivity contribution is -0.461. The number of primary sulfonamides is 1. The molecule has 2 unspecified atom stereocenters. The molecule has 0 aliphatic carbocycles. The van der Waals surface area contributed by atoms with Gasteiger partial charge in [-0.25, -0.2) is 27.3 Å². The Kier molecular flexibility index (Phi) is 5.27. The van der Waals surface area contributed by atoms with Crippen LogP contribution in [0.25, 0.3) is 0 Å². The molecule has 0 aromatic carbocycles. The molecule has 0 fully saturated rings. The van der Waals surface area contributed by atoms with E-state index in [1.165, 1.54) is 5.32 Å². The van der Waals surface area contributed by atoms with Crippen molar-refractivity contribution in [2.24, 2.45) is 5.14 Å². The molecule has 0 bridgehead atoms. The van der Waals surface area contributed by atoms with Crippen molar-refractivity contribution in [1.82, 2.24) is 5.32 Å². The van der Waals surface area contributed by atoms with E-state index in [4.69, 9.17) is 20.5 Å². The minimum atomic E-state index is -5.34. The van der Waals surface area contributed by atoms with Gasteiger partial charge >= 0.3 is 11.9 Å². The number of fused-ring (bicyclic) bond motifs is 1. The lowest BCUT2D eigenvalue weighted by Gasteiger charge is -2.47. The van der Waals surface area contributed by atoms with Gasteiger partial charge < -0.3 is 46.0 Å². The number of sulfonamides is 1. The van der Waals surface area contributed by atoms with Crippen molar-refractivity contribution in [1.29, 1.82) is 0 Å². The maximum Gasteiger partial charge on any atom is 0.348 e. The molecule has 29 heavy (non-hydrogen) atoms. The highest BCUT2D eigenvalue weighted by Crippen LogP contribution is 2.55. The number of aromatic hydroxyl groups is 1. The van der Waals surface area contributed by atoms with Crippen molar-refractivity contribution in [3.63, 3.8) is 0 Å². The molecule has 15 nitrogen and oxygen atoms in total. The van der Waals surface area contributed by atoms with Crippen molar-refractivity contribution in [2.75, 3.05) is 0 Å². The highest BCUT2D eigenvalue weighted by Gasteiger charge is 2.69. The standard InChI is InChI=1S/C11H16N2O13S3/c1-2-8(15)9(16,17)5(13-10(18,19)11(20,21)22)3-4(14)7(29(12,25)26)27-6(3)28(8,23)24/h2,5,13-22H,1H2,(H2,12,25,26). The first-order chi connectivity index (χ1) is 12.7. The average Bonchev–Trinajstić information content (AvgIpc) is 2.87. The number of nitrogens with one attached hydrogen (secondary N) is 1. The van der Waals surface area contributed by atoms with E-state index in [0.717, 1.165) is 0 Å². The Morgan fingerprint density at radius 1 is 1.17 bits per heavy atom. The van der Waals surface area contributed by atoms with Gasteiger partial charge in [0.05, 0.1) is 0 Å². The van der Waals surface area contributed by atoms with Crippen LogP contribution in [0.15, 0.2) is 21.1 Å². The molecule has 1 aliphatic heterocycles. The zero-order valence-electron chi connectivity index (χ0n) is 13.8. The summed E-state index contributed by atoms with van der Waals surface area (Å²) in [7, 11) is -10.2. The Labute approximate surface area is 165 Å². The predicted octanol–water partition coefficient (Wildman–Crippen LogP) is -5.66. The van der Waals surface area contributed by atoms with Gasteiger partial charge in [0, 0.05) is 5.56 Å². The summed E-state index contributed by atoms with van der Waals surface area (Å²) < 4.78 is 46.2. The molecule has 0 radical (unpaired) electrons. The predicted molar refractivity (Wildman–Crippen MR) is 89.3 cm³/mol. The van der Waals surface area contributed by atoms with E-state index in [0.29, 0.717) is 0 Å². The lowest BCUT2D eigenvalue weighted by atomic mass is 9.93. The number of aliphatic hydroxyl groups is 8. The molecule has 1 aromatic heterocycles. The average molecular weight is 480 g/mol. The summed E-state index contributed by atoms with van der Waals surface area (Å²) in [4.78, 5) is -3.77. The third-order valence-electron chi connectivity index (χ3n) is 4.07. The molecular formula is C11H16N2O13S3. The third-order valence-corrected chi connectivity index (χ3v) is 9.42. The summed E-state index contributed by atoms with van der Waals surface area (Å²) in [5.74, 6) is -14.2. The van der Waals surface area contributed by atoms with Crippen LogP contribution in [0.1, 0.15) is 11.6 Å². The van der Waals surface area contributed by atoms with Crippen molar-refractivity contribution in [3.05, 3.63) is 18.2 Å². The first-order valence-electron chi connectivity index (χ1n) is 7.00. The Bertz CT molecular complexity index is 1070. The van der Waals surface area contributed by atoms with Crippen LogP contribution in [0.2, 0.25) is 0 Å². The summed E-state index contributed by atoms with van der Waals surface area (Å²) >= 11 is -0.240. The summed E-state index contributed by atoms with van der Waals surface area (Å²) in [5, 5.41) is 93.5. The van der Waals surface area contributed by atoms with Crippen LogP contribution in [0, 0.1) is 0 Å². The number of hydrogen-bond donors (Lipinski definition) is 11. The summed E-state index contributed by atoms with van der Waals surface area (Å²) in [6.07, 6.45) is 0.0911. The van der Waals surface area contributed by atoms with Crippen LogP contribution in [0.5, 0.6) is 5.75 Å². The second kappa shape index (κ2) is 6.37. The molecule has 18 heteroatoms. The van der Waals surface area contributed by atoms with E-state index < -0.39 is 68.2 Å². The second-order valence-electron chi connectivity index (χ2n) is 6.00. The SMILES string of the molecule is C=CC1(O)C(O)(O)C(NC(O)(O)C(O)(O)O)c2c(sc(S(N)(=O)=O)c2O)S1(=O)=O. The van der Waals surface area contributed by atoms with Gasteiger partial charge in [0.15, 0.2) is 9.96 Å². The van der Waals surface area contributed by atoms with Crippen LogP contribution < -0.4 is 10.5 Å². The fourth-order valence-electron chi connectivity index (χ4n) is 2.52. The number of thiophene rings is 1. The van der Waals surface area contributed by atoms with Gasteiger partial charge in [0.2, 0.25) is 20.6 Å². The fraction of sp³-hybridized carbons (Fsp3) is 0.455. The van der Waals surface area contributed by atoms with Crippen LogP contribution >= 0.6 is 11.3 Å². The van der Waals surface area contributed by atoms with Gasteiger partial charge in [-0.15, -0.1) is 11.3 Å². The quantitative estimate of drug-likeness (QED) is 0.138. The van der Waals surface area contributed by atoms with Gasteiger partial charge in [0.25, 0.3) is 10.0 Å². The molecule has 0 spiro atoms. The monoisotopic (exact) mass is 480 g/mol. The maximum atomic E-state index is 12.7. The largest absolute Gasteiger partial charge is 0.505 e. The number of nitrogens with two attached hydrogens (primary N) is 1. The Morgan fingerprint density at radius 3 is 2.03 bits per heavy atom. The zero-order valence-corrected chi connectivity index (χ0v) is 16.3. The number of sulfone groups is 1. The maximum absolute atomic E-state index is 12.7. The Morgan fingerprint density at radius 2 is 1.66 bits per heavy atom. The molecule has 1 aromatic rings. The van der Waals surface area contributed by atoms with E-state index in [1.54, 1.807) is 0 Å². The van der Waals surface area contributed by atoms with Crippen molar-refractivity contribution >= 4 is 31.2 Å². The molecule has 2 atom stereocenters. The van der Waals surface area contributed by atoms with Crippen LogP contribution in [-0.2, 0) is 19.9 Å². The van der Waals surface area contributed by atoms with Crippen molar-refractivity contribution < 1.29 is 62.8 Å². The van der Waals surface area contributed by atoms with Crippen LogP contribution in [-0.4, -0.2) is 85.4 Å². The minimum Gasteiger partial charge on any atom is -0.505 e. The highest BCUT2D eigenvalue weighted by atomic mass is 32.3. The Hall–Kier alpha value is -1.26. The zero-order chi connectivity index (χ0) is 23.0. The molecule has 166 valence electrons. The van der Waals surface area contributed by atoms with Gasteiger partial charge in [0.1, 0.15) is 10.3 Å². The molecular weight excluding hydrogens is 464 g/mol. The molecule has 2 rings (SSSR count). The first kappa shape index (κ1) is 24.0. The van der Waals surface area contributed by atoms with Gasteiger partial charge in [-0.05, 0) is 6.08 Å². The van der Waals surface area contributed by atoms with E-state index in [1.807, 2.05) is 0 Å². The summed E-state index contributed by atoms with van der Waals surface area (Å²) in [6.45, 7) is 2.93. The minimum absolute atomic E-state index is 0.0911. The molecule has 0 saturated heterocycles. The smallest absolute Gasteiger partial charge is 0.348 e. The van der Waals surface area contributed by atoms with Crippen LogP contribution in [0.4, 0.5) is 0 Å². The topological polar surface area (TPSA) is 288 Å². The number of rotatable bonds is 5. The van der Waals surface area contributed by atoms with Crippen molar-refractivity contribution in [2.45, 2.75) is 37.1 Å². The first-order valence-corrected chi connectivity index (χ1v) is 10.8. The van der Waals surface area contributed by atoms with E-state index >= 15 is 0 Å². The van der Waals surface area contributed by atoms with Gasteiger partial charge in [-0.2, -0.15) is 0 Å². The van der Waals surface area contributed by atoms with E-state index in [-0.39, 0.29) is 17.4 Å². The molecule has 2 heterocycles. The summed E-state index contributed by atoms with van der Waals surface area (Å²) in [6, 6.07) is -2.79. The van der Waals surface area contributed by atoms with E-state index in [9.17, 15) is 47.5 Å². The lowest BCUT2D eigenvalue weighted by Crippen LogP contribution is -2.72. The summed E-state index contributed by atoms with van der Waals surface area (Å²) in [5.41, 5.74) is -1.26. The number of hydrogen-bond acceptors (Lipinski definition) is 15.